The molecule has 0 aliphatic rings. The molecule has 1 N–H and O–H groups in total. The molecule has 0 radical (unpaired) electrons. The van der Waals surface area contributed by atoms with Crippen LogP contribution in [0.3, 0.4) is 0 Å². The van der Waals surface area contributed by atoms with Gasteiger partial charge in [0.1, 0.15) is 0 Å². The maximum absolute atomic E-state index is 12.4. The van der Waals surface area contributed by atoms with Crippen LogP contribution in [-0.2, 0) is 6.18 Å². The largest absolute Gasteiger partial charge is 0.464 e. The van der Waals surface area contributed by atoms with Crippen molar-refractivity contribution in [2.75, 3.05) is 11.9 Å². The Morgan fingerprint density at radius 3 is 2.27 bits per heavy atom. The van der Waals surface area contributed by atoms with Gasteiger partial charge in [-0.2, -0.15) is 13.2 Å². The summed E-state index contributed by atoms with van der Waals surface area (Å²) in [6.07, 6.45) is -1.74. The molecule has 0 fully saturated rings. The van der Waals surface area contributed by atoms with Gasteiger partial charge in [-0.3, -0.25) is 4.79 Å². The van der Waals surface area contributed by atoms with Crippen LogP contribution in [0.15, 0.2) is 36.7 Å². The van der Waals surface area contributed by atoms with Gasteiger partial charge in [0.15, 0.2) is 0 Å². The number of aromatic nitrogens is 2. The first kappa shape index (κ1) is 15.7. The zero-order chi connectivity index (χ0) is 16.2. The van der Waals surface area contributed by atoms with Gasteiger partial charge in [-0.15, -0.1) is 0 Å². The molecule has 1 aromatic heterocycles. The molecule has 5 nitrogen and oxygen atoms in total. The van der Waals surface area contributed by atoms with Gasteiger partial charge in [0.25, 0.3) is 5.91 Å². The number of alkyl halides is 3. The van der Waals surface area contributed by atoms with E-state index in [0.29, 0.717) is 12.3 Å². The number of benzene rings is 1. The summed E-state index contributed by atoms with van der Waals surface area (Å²) >= 11 is 0. The summed E-state index contributed by atoms with van der Waals surface area (Å²) in [6.45, 7) is 2.20. The molecule has 0 aliphatic heterocycles. The number of nitrogens with one attached hydrogen (secondary N) is 1. The van der Waals surface area contributed by atoms with Crippen molar-refractivity contribution in [3.05, 3.63) is 47.8 Å². The van der Waals surface area contributed by atoms with Crippen molar-refractivity contribution in [1.29, 1.82) is 0 Å². The number of carbonyl (C=O) groups excluding carboxylic acids is 1. The van der Waals surface area contributed by atoms with Crippen LogP contribution in [0.2, 0.25) is 0 Å². The molecule has 1 amide bonds. The minimum absolute atomic E-state index is 0.0990. The maximum atomic E-state index is 12.4. The summed E-state index contributed by atoms with van der Waals surface area (Å²) in [6, 6.07) is 4.09. The average molecular weight is 311 g/mol. The van der Waals surface area contributed by atoms with Crippen LogP contribution in [0.4, 0.5) is 18.9 Å². The standard InChI is InChI=1S/C14H12F3N3O2/c1-2-22-13-18-7-11(8-19-13)20-12(21)9-3-5-10(6-4-9)14(15,16)17/h3-8H,2H2,1H3,(H,20,21). The Morgan fingerprint density at radius 2 is 1.77 bits per heavy atom. The third-order valence-electron chi connectivity index (χ3n) is 2.63. The van der Waals surface area contributed by atoms with Crippen molar-refractivity contribution >= 4 is 11.6 Å². The number of carbonyl (C=O) groups is 1. The van der Waals surface area contributed by atoms with Crippen LogP contribution in [0.5, 0.6) is 6.01 Å². The molecule has 0 saturated carbocycles. The van der Waals surface area contributed by atoms with E-state index < -0.39 is 17.6 Å². The van der Waals surface area contributed by atoms with Crippen molar-refractivity contribution in [2.45, 2.75) is 13.1 Å². The molecule has 0 aliphatic carbocycles. The second kappa shape index (κ2) is 6.42. The molecule has 0 atom stereocenters. The van der Waals surface area contributed by atoms with E-state index in [1.54, 1.807) is 6.92 Å². The second-order valence-corrected chi connectivity index (χ2v) is 4.22. The summed E-state index contributed by atoms with van der Waals surface area (Å²) in [7, 11) is 0. The van der Waals surface area contributed by atoms with E-state index in [4.69, 9.17) is 4.74 Å². The fourth-order valence-corrected chi connectivity index (χ4v) is 1.60. The Labute approximate surface area is 124 Å². The molecule has 0 bridgehead atoms. The molecule has 1 aromatic carbocycles. The quantitative estimate of drug-likeness (QED) is 0.942. The van der Waals surface area contributed by atoms with Gasteiger partial charge in [0, 0.05) is 5.56 Å². The molecule has 0 saturated heterocycles. The minimum Gasteiger partial charge on any atom is -0.464 e. The van der Waals surface area contributed by atoms with Crippen LogP contribution >= 0.6 is 0 Å². The van der Waals surface area contributed by atoms with Crippen LogP contribution in [0, 0.1) is 0 Å². The normalized spacial score (nSPS) is 11.1. The zero-order valence-corrected chi connectivity index (χ0v) is 11.5. The van der Waals surface area contributed by atoms with E-state index in [2.05, 4.69) is 15.3 Å². The summed E-state index contributed by atoms with van der Waals surface area (Å²) < 4.78 is 42.4. The lowest BCUT2D eigenvalue weighted by atomic mass is 10.1. The van der Waals surface area contributed by atoms with E-state index in [1.165, 1.54) is 12.4 Å². The first-order valence-corrected chi connectivity index (χ1v) is 6.33. The average Bonchev–Trinajstić information content (AvgIpc) is 2.49. The van der Waals surface area contributed by atoms with Crippen LogP contribution in [-0.4, -0.2) is 22.5 Å². The van der Waals surface area contributed by atoms with Crippen molar-refractivity contribution < 1.29 is 22.7 Å². The molecule has 0 spiro atoms. The van der Waals surface area contributed by atoms with E-state index in [-0.39, 0.29) is 11.6 Å². The number of amides is 1. The van der Waals surface area contributed by atoms with Gasteiger partial charge in [-0.1, -0.05) is 0 Å². The predicted octanol–water partition coefficient (Wildman–Crippen LogP) is 3.15. The maximum Gasteiger partial charge on any atom is 0.416 e. The van der Waals surface area contributed by atoms with E-state index in [1.807, 2.05) is 0 Å². The molecule has 1 heterocycles. The van der Waals surface area contributed by atoms with E-state index in [0.717, 1.165) is 24.3 Å². The molecule has 0 unspecified atom stereocenters. The van der Waals surface area contributed by atoms with Gasteiger partial charge in [0.05, 0.1) is 30.3 Å². The number of ether oxygens (including phenoxy) is 1. The predicted molar refractivity (Wildman–Crippen MR) is 72.6 cm³/mol. The molecule has 8 heteroatoms. The lowest BCUT2D eigenvalue weighted by molar-refractivity contribution is -0.137. The highest BCUT2D eigenvalue weighted by Gasteiger charge is 2.30. The number of nitrogens with zero attached hydrogens (tertiary/aromatic N) is 2. The summed E-state index contributed by atoms with van der Waals surface area (Å²) in [4.78, 5) is 19.6. The topological polar surface area (TPSA) is 64.1 Å². The fourth-order valence-electron chi connectivity index (χ4n) is 1.60. The Kier molecular flexibility index (Phi) is 4.59. The molecular formula is C14H12F3N3O2. The van der Waals surface area contributed by atoms with Gasteiger partial charge in [0.2, 0.25) is 0 Å². The van der Waals surface area contributed by atoms with Gasteiger partial charge in [-0.25, -0.2) is 9.97 Å². The summed E-state index contributed by atoms with van der Waals surface area (Å²) in [5, 5.41) is 2.48. The van der Waals surface area contributed by atoms with Crippen molar-refractivity contribution in [1.82, 2.24) is 9.97 Å². The van der Waals surface area contributed by atoms with Gasteiger partial charge < -0.3 is 10.1 Å². The smallest absolute Gasteiger partial charge is 0.416 e. The van der Waals surface area contributed by atoms with E-state index >= 15 is 0 Å². The third kappa shape index (κ3) is 3.94. The van der Waals surface area contributed by atoms with Gasteiger partial charge in [-0.05, 0) is 31.2 Å². The summed E-state index contributed by atoms with van der Waals surface area (Å²) in [5.41, 5.74) is -0.399. The Bertz CT molecular complexity index is 640. The van der Waals surface area contributed by atoms with Crippen LogP contribution < -0.4 is 10.1 Å². The number of hydrogen-bond donors (Lipinski definition) is 1. The summed E-state index contributed by atoms with van der Waals surface area (Å²) in [5.74, 6) is -0.554. The monoisotopic (exact) mass is 311 g/mol. The fraction of sp³-hybridized carbons (Fsp3) is 0.214. The Hall–Kier alpha value is -2.64. The Morgan fingerprint density at radius 1 is 1.18 bits per heavy atom. The highest BCUT2D eigenvalue weighted by Crippen LogP contribution is 2.29. The number of halogens is 3. The molecule has 22 heavy (non-hydrogen) atoms. The van der Waals surface area contributed by atoms with E-state index in [9.17, 15) is 18.0 Å². The Balaban J connectivity index is 2.05. The lowest BCUT2D eigenvalue weighted by Gasteiger charge is -2.08. The first-order valence-electron chi connectivity index (χ1n) is 6.33. The highest BCUT2D eigenvalue weighted by atomic mass is 19.4. The highest BCUT2D eigenvalue weighted by molar-refractivity contribution is 6.04. The van der Waals surface area contributed by atoms with Crippen LogP contribution in [0.1, 0.15) is 22.8 Å². The molecule has 2 aromatic rings. The van der Waals surface area contributed by atoms with Crippen molar-refractivity contribution in [3.8, 4) is 6.01 Å². The molecule has 2 rings (SSSR count). The SMILES string of the molecule is CCOc1ncc(NC(=O)c2ccc(C(F)(F)F)cc2)cn1. The minimum atomic E-state index is -4.43. The zero-order valence-electron chi connectivity index (χ0n) is 11.5. The van der Waals surface area contributed by atoms with Gasteiger partial charge >= 0.3 is 12.2 Å². The molecular weight excluding hydrogens is 299 g/mol. The number of rotatable bonds is 4. The second-order valence-electron chi connectivity index (χ2n) is 4.22. The first-order chi connectivity index (χ1) is 10.4. The lowest BCUT2D eigenvalue weighted by Crippen LogP contribution is -2.13. The number of hydrogen-bond acceptors (Lipinski definition) is 4. The van der Waals surface area contributed by atoms with Crippen molar-refractivity contribution in [3.63, 3.8) is 0 Å². The third-order valence-corrected chi connectivity index (χ3v) is 2.63. The van der Waals surface area contributed by atoms with Crippen molar-refractivity contribution in [2.24, 2.45) is 0 Å². The molecule has 116 valence electrons. The van der Waals surface area contributed by atoms with Crippen LogP contribution in [0.25, 0.3) is 0 Å². The number of anilines is 1.